The monoisotopic (exact) mass is 1040 g/mol. The maximum absolute atomic E-state index is 13.9. The minimum absolute atomic E-state index is 0.0942. The van der Waals surface area contributed by atoms with Crippen LogP contribution in [0.15, 0.2) is 85.8 Å². The third-order valence-corrected chi connectivity index (χ3v) is 14.5. The molecule has 0 bridgehead atoms. The van der Waals surface area contributed by atoms with E-state index < -0.39 is 90.7 Å². The van der Waals surface area contributed by atoms with Gasteiger partial charge in [0.15, 0.2) is 17.3 Å². The lowest BCUT2D eigenvalue weighted by molar-refractivity contribution is -0.138. The van der Waals surface area contributed by atoms with Crippen molar-refractivity contribution in [3.05, 3.63) is 103 Å². The fraction of sp³-hybridized carbons (Fsp3) is 0.650. The molecule has 0 aliphatic heterocycles. The number of hydrogen-bond donors (Lipinski definition) is 0. The normalized spacial score (nSPS) is 22.6. The summed E-state index contributed by atoms with van der Waals surface area (Å²) in [6, 6.07) is 0. The molecule has 15 nitrogen and oxygen atoms in total. The first-order valence-corrected chi connectivity index (χ1v) is 26.5. The number of Topliss-reactive ketones (excluding diaryl/α,β-unsaturated/α-hetero) is 3. The fourth-order valence-corrected chi connectivity index (χ4v) is 10.0. The van der Waals surface area contributed by atoms with Crippen molar-refractivity contribution >= 4 is 35.3 Å². The third kappa shape index (κ3) is 16.4. The molecule has 0 N–H and O–H groups in total. The van der Waals surface area contributed by atoms with E-state index in [1.807, 2.05) is 143 Å². The van der Waals surface area contributed by atoms with Crippen LogP contribution in [-0.2, 0) is 62.6 Å². The zero-order chi connectivity index (χ0) is 57.0. The van der Waals surface area contributed by atoms with Gasteiger partial charge in [-0.25, -0.2) is 42.5 Å². The maximum Gasteiger partial charge on any atom is 0.336 e. The molecule has 0 radical (unpaired) electrons. The molecule has 1 aromatic rings. The number of rotatable bonds is 15. The van der Waals surface area contributed by atoms with Crippen molar-refractivity contribution in [3.8, 4) is 0 Å². The summed E-state index contributed by atoms with van der Waals surface area (Å²) in [7, 11) is 0. The Hall–Kier alpha value is -5.73. The first-order chi connectivity index (χ1) is 34.2. The summed E-state index contributed by atoms with van der Waals surface area (Å²) >= 11 is 0. The molecular weight excluding hydrogens is 955 g/mol. The van der Waals surface area contributed by atoms with E-state index in [1.54, 1.807) is 18.2 Å². The number of nitrogens with zero attached hydrogens (tertiary/aromatic N) is 3. The van der Waals surface area contributed by atoms with Crippen molar-refractivity contribution in [1.82, 2.24) is 13.7 Å². The van der Waals surface area contributed by atoms with E-state index in [1.165, 1.54) is 18.2 Å². The summed E-state index contributed by atoms with van der Waals surface area (Å²) in [4.78, 5) is 121. The van der Waals surface area contributed by atoms with Crippen LogP contribution in [0.2, 0.25) is 0 Å². The van der Waals surface area contributed by atoms with Gasteiger partial charge in [0, 0.05) is 36.0 Å². The van der Waals surface area contributed by atoms with Gasteiger partial charge in [0.25, 0.3) is 0 Å². The Morgan fingerprint density at radius 1 is 0.413 bits per heavy atom. The molecule has 6 unspecified atom stereocenters. The molecule has 1 aromatic heterocycles. The van der Waals surface area contributed by atoms with Gasteiger partial charge < -0.3 is 14.2 Å². The van der Waals surface area contributed by atoms with Crippen molar-refractivity contribution in [1.29, 1.82) is 0 Å². The van der Waals surface area contributed by atoms with Crippen LogP contribution in [0.5, 0.6) is 0 Å². The average molecular weight is 1040 g/mol. The highest BCUT2D eigenvalue weighted by Crippen LogP contribution is 2.45. The van der Waals surface area contributed by atoms with Crippen molar-refractivity contribution in [3.63, 3.8) is 0 Å². The Bertz CT molecular complexity index is 2400. The van der Waals surface area contributed by atoms with Crippen LogP contribution in [0.3, 0.4) is 0 Å². The molecule has 0 amide bonds. The molecule has 15 heteroatoms. The van der Waals surface area contributed by atoms with Crippen molar-refractivity contribution in [2.24, 2.45) is 68.0 Å². The van der Waals surface area contributed by atoms with Crippen molar-refractivity contribution < 1.29 is 43.0 Å². The van der Waals surface area contributed by atoms with E-state index in [2.05, 4.69) is 0 Å². The van der Waals surface area contributed by atoms with Gasteiger partial charge in [-0.05, 0) is 86.2 Å². The van der Waals surface area contributed by atoms with Crippen LogP contribution in [0.25, 0.3) is 0 Å². The number of esters is 3. The lowest BCUT2D eigenvalue weighted by atomic mass is 9.65. The zero-order valence-electron chi connectivity index (χ0n) is 48.3. The van der Waals surface area contributed by atoms with Gasteiger partial charge in [0.2, 0.25) is 0 Å². The van der Waals surface area contributed by atoms with Crippen LogP contribution in [0, 0.1) is 68.0 Å². The molecule has 3 aliphatic rings. The van der Waals surface area contributed by atoms with Crippen LogP contribution in [0.4, 0.5) is 0 Å². The minimum atomic E-state index is -1.04. The lowest BCUT2D eigenvalue weighted by Gasteiger charge is -2.38. The van der Waals surface area contributed by atoms with Crippen LogP contribution >= 0.6 is 0 Å². The molecule has 0 saturated heterocycles. The maximum atomic E-state index is 13.9. The molecule has 75 heavy (non-hydrogen) atoms. The first-order valence-electron chi connectivity index (χ1n) is 26.5. The Morgan fingerprint density at radius 2 is 0.627 bits per heavy atom. The Morgan fingerprint density at radius 3 is 0.813 bits per heavy atom. The summed E-state index contributed by atoms with van der Waals surface area (Å²) in [5.41, 5.74) is -3.20. The second-order valence-corrected chi connectivity index (χ2v) is 26.9. The molecule has 1 heterocycles. The largest absolute Gasteiger partial charge is 0.461 e. The number of carbonyl (C=O) groups excluding carboxylic acids is 6. The standard InChI is InChI=1S/C60H87N3O12/c1-55(2,3)40-31-37(32-41(49(40)67)56(4,5)6)19-22-46(64)73-28-25-61-52(70)62(26-29-74-47(65)23-20-38-33-42(57(7,8)9)50(68)43(34-38)58(10,11)12)54(72)63(53(61)71)27-30-75-48(66)24-21-39-35-44(59(13,14)15)51(69)45(36-39)60(16,17)18/h19-24,31,33,35,37-39,41,43,45H,25-30,32,34,36H2,1-18H3. The number of hydrogen-bond acceptors (Lipinski definition) is 12. The molecule has 0 spiro atoms. The Kier molecular flexibility index (Phi) is 19.5. The van der Waals surface area contributed by atoms with E-state index in [0.29, 0.717) is 36.0 Å². The smallest absolute Gasteiger partial charge is 0.336 e. The highest BCUT2D eigenvalue weighted by Gasteiger charge is 2.43. The summed E-state index contributed by atoms with van der Waals surface area (Å²) in [6.07, 6.45) is 16.0. The van der Waals surface area contributed by atoms with E-state index in [0.717, 1.165) is 13.7 Å². The molecule has 6 atom stereocenters. The molecule has 414 valence electrons. The second kappa shape index (κ2) is 23.7. The average Bonchev–Trinajstić information content (AvgIpc) is 3.26. The van der Waals surface area contributed by atoms with Crippen LogP contribution in [-0.4, -0.2) is 68.8 Å². The SMILES string of the molecule is CC(C)(C)C1=CC(C=CC(=O)OCCn2c(=O)n(CCOC(=O)C=CC3C=C(C(C)(C)C)C(=O)C(C(C)(C)C)C3)c(=O)n(CCOC(=O)C=CC3C=C(C(C)(C)C)C(=O)C(C(C)(C)C)C3)c2=O)CC(C(C)(C)C)C1=O. The van der Waals surface area contributed by atoms with Gasteiger partial charge in [-0.2, -0.15) is 0 Å². The van der Waals surface area contributed by atoms with E-state index in [9.17, 15) is 43.2 Å². The van der Waals surface area contributed by atoms with E-state index in [4.69, 9.17) is 14.2 Å². The molecule has 4 rings (SSSR count). The van der Waals surface area contributed by atoms with E-state index in [-0.39, 0.29) is 69.1 Å². The van der Waals surface area contributed by atoms with Gasteiger partial charge in [-0.15, -0.1) is 0 Å². The van der Waals surface area contributed by atoms with E-state index >= 15 is 0 Å². The zero-order valence-corrected chi connectivity index (χ0v) is 48.3. The van der Waals surface area contributed by atoms with Gasteiger partial charge >= 0.3 is 35.0 Å². The summed E-state index contributed by atoms with van der Waals surface area (Å²) in [5.74, 6) is -3.43. The van der Waals surface area contributed by atoms with Crippen molar-refractivity contribution in [2.75, 3.05) is 19.8 Å². The quantitative estimate of drug-likeness (QED) is 0.0919. The minimum Gasteiger partial charge on any atom is -0.461 e. The fourth-order valence-electron chi connectivity index (χ4n) is 10.0. The molecular formula is C60H87N3O12. The van der Waals surface area contributed by atoms with Gasteiger partial charge in [0.1, 0.15) is 19.8 Å². The number of ether oxygens (including phenoxy) is 3. The highest BCUT2D eigenvalue weighted by molar-refractivity contribution is 6.01. The predicted molar refractivity (Wildman–Crippen MR) is 290 cm³/mol. The van der Waals surface area contributed by atoms with Gasteiger partial charge in [0.05, 0.1) is 19.6 Å². The Labute approximate surface area is 444 Å². The number of aromatic nitrogens is 3. The third-order valence-electron chi connectivity index (χ3n) is 14.5. The second-order valence-electron chi connectivity index (χ2n) is 26.9. The number of ketones is 3. The van der Waals surface area contributed by atoms with Crippen molar-refractivity contribution in [2.45, 2.75) is 164 Å². The molecule has 0 fully saturated rings. The summed E-state index contributed by atoms with van der Waals surface area (Å²) in [5, 5.41) is 0. The summed E-state index contributed by atoms with van der Waals surface area (Å²) in [6.45, 7) is 33.2. The lowest BCUT2D eigenvalue weighted by Crippen LogP contribution is -2.55. The van der Waals surface area contributed by atoms with Crippen LogP contribution < -0.4 is 17.1 Å². The first kappa shape index (κ1) is 61.8. The highest BCUT2D eigenvalue weighted by atomic mass is 16.5. The van der Waals surface area contributed by atoms with Crippen LogP contribution in [0.1, 0.15) is 144 Å². The topological polar surface area (TPSA) is 196 Å². The summed E-state index contributed by atoms with van der Waals surface area (Å²) < 4.78 is 18.5. The Balaban J connectivity index is 1.56. The van der Waals surface area contributed by atoms with Gasteiger partial charge in [-0.1, -0.05) is 161 Å². The predicted octanol–water partition coefficient (Wildman–Crippen LogP) is 9.14. The number of allylic oxidation sites excluding steroid dienone is 9. The molecule has 3 aliphatic carbocycles. The number of carbonyl (C=O) groups is 6. The van der Waals surface area contributed by atoms with Gasteiger partial charge in [-0.3, -0.25) is 14.4 Å². The molecule has 0 saturated carbocycles. The molecule has 0 aromatic carbocycles.